The monoisotopic (exact) mass is 229 g/mol. The van der Waals surface area contributed by atoms with E-state index in [9.17, 15) is 13.2 Å². The fraction of sp³-hybridized carbons (Fsp3) is 0.700. The van der Waals surface area contributed by atoms with E-state index in [2.05, 4.69) is 5.92 Å². The molecule has 0 bridgehead atoms. The first-order valence-electron chi connectivity index (χ1n) is 4.81. The second kappa shape index (κ2) is 4.67. The van der Waals surface area contributed by atoms with E-state index < -0.39 is 15.6 Å². The van der Waals surface area contributed by atoms with Gasteiger partial charge in [-0.3, -0.25) is 4.79 Å². The molecule has 4 nitrogen and oxygen atoms in total. The summed E-state index contributed by atoms with van der Waals surface area (Å²) in [5, 5.41) is 0. The lowest BCUT2D eigenvalue weighted by molar-refractivity contribution is -0.128. The number of rotatable bonds is 5. The third kappa shape index (κ3) is 4.84. The van der Waals surface area contributed by atoms with Crippen LogP contribution in [-0.4, -0.2) is 44.3 Å². The zero-order valence-corrected chi connectivity index (χ0v) is 9.59. The molecule has 0 N–H and O–H groups in total. The lowest BCUT2D eigenvalue weighted by Gasteiger charge is -2.19. The van der Waals surface area contributed by atoms with E-state index in [0.717, 1.165) is 19.1 Å². The molecular formula is C10H15NO3S. The van der Waals surface area contributed by atoms with Gasteiger partial charge in [0.2, 0.25) is 5.91 Å². The van der Waals surface area contributed by atoms with Crippen LogP contribution in [0.1, 0.15) is 12.8 Å². The molecule has 84 valence electrons. The highest BCUT2D eigenvalue weighted by atomic mass is 32.2. The molecule has 15 heavy (non-hydrogen) atoms. The molecule has 1 aliphatic rings. The topological polar surface area (TPSA) is 54.5 Å². The first-order valence-corrected chi connectivity index (χ1v) is 6.87. The van der Waals surface area contributed by atoms with Crippen molar-refractivity contribution in [1.29, 1.82) is 0 Å². The fourth-order valence-corrected chi connectivity index (χ4v) is 1.92. The second-order valence-electron chi connectivity index (χ2n) is 3.99. The van der Waals surface area contributed by atoms with Gasteiger partial charge < -0.3 is 4.90 Å². The van der Waals surface area contributed by atoms with E-state index in [-0.39, 0.29) is 12.5 Å². The summed E-state index contributed by atoms with van der Waals surface area (Å²) in [5.41, 5.74) is 0. The third-order valence-corrected chi connectivity index (χ3v) is 2.97. The summed E-state index contributed by atoms with van der Waals surface area (Å²) in [4.78, 5) is 13.0. The molecule has 5 heteroatoms. The number of hydrogen-bond acceptors (Lipinski definition) is 3. The van der Waals surface area contributed by atoms with Crippen molar-refractivity contribution >= 4 is 15.7 Å². The predicted molar refractivity (Wildman–Crippen MR) is 57.8 cm³/mol. The van der Waals surface area contributed by atoms with Crippen LogP contribution in [-0.2, 0) is 14.6 Å². The summed E-state index contributed by atoms with van der Waals surface area (Å²) in [6, 6.07) is 0. The Kier molecular flexibility index (Phi) is 3.75. The molecule has 1 amide bonds. The molecule has 1 aliphatic carbocycles. The molecule has 0 aliphatic heterocycles. The highest BCUT2D eigenvalue weighted by Crippen LogP contribution is 2.29. The second-order valence-corrected chi connectivity index (χ2v) is 6.13. The molecule has 0 atom stereocenters. The van der Waals surface area contributed by atoms with Crippen LogP contribution in [0.25, 0.3) is 0 Å². The normalized spacial score (nSPS) is 15.7. The summed E-state index contributed by atoms with van der Waals surface area (Å²) in [6.07, 6.45) is 8.39. The van der Waals surface area contributed by atoms with Crippen molar-refractivity contribution < 1.29 is 13.2 Å². The van der Waals surface area contributed by atoms with Crippen molar-refractivity contribution in [3.63, 3.8) is 0 Å². The molecule has 0 radical (unpaired) electrons. The Labute approximate surface area is 90.6 Å². The van der Waals surface area contributed by atoms with E-state index in [0.29, 0.717) is 12.5 Å². The number of terminal acetylenes is 1. The van der Waals surface area contributed by atoms with Crippen LogP contribution in [0.5, 0.6) is 0 Å². The van der Waals surface area contributed by atoms with Crippen LogP contribution >= 0.6 is 0 Å². The van der Waals surface area contributed by atoms with Gasteiger partial charge in [-0.2, -0.15) is 0 Å². The number of nitrogens with zero attached hydrogens (tertiary/aromatic N) is 1. The van der Waals surface area contributed by atoms with Crippen LogP contribution in [0, 0.1) is 18.3 Å². The van der Waals surface area contributed by atoms with Gasteiger partial charge in [-0.15, -0.1) is 6.42 Å². The summed E-state index contributed by atoms with van der Waals surface area (Å²) in [5.74, 6) is 2.06. The molecular weight excluding hydrogens is 214 g/mol. The maximum Gasteiger partial charge on any atom is 0.238 e. The third-order valence-electron chi connectivity index (χ3n) is 2.20. The molecule has 0 aromatic rings. The number of hydrogen-bond donors (Lipinski definition) is 0. The zero-order valence-electron chi connectivity index (χ0n) is 8.77. The first-order chi connectivity index (χ1) is 6.92. The first kappa shape index (κ1) is 12.1. The van der Waals surface area contributed by atoms with E-state index in [4.69, 9.17) is 6.42 Å². The van der Waals surface area contributed by atoms with E-state index in [1.807, 2.05) is 0 Å². The van der Waals surface area contributed by atoms with Crippen LogP contribution in [0.3, 0.4) is 0 Å². The van der Waals surface area contributed by atoms with E-state index in [1.54, 1.807) is 0 Å². The van der Waals surface area contributed by atoms with Gasteiger partial charge in [-0.25, -0.2) is 8.42 Å². The number of carbonyl (C=O) groups is 1. The fourth-order valence-electron chi connectivity index (χ4n) is 1.29. The van der Waals surface area contributed by atoms with Crippen LogP contribution in [0.15, 0.2) is 0 Å². The summed E-state index contributed by atoms with van der Waals surface area (Å²) in [7, 11) is -3.26. The molecule has 0 aromatic carbocycles. The van der Waals surface area contributed by atoms with Gasteiger partial charge in [0.25, 0.3) is 0 Å². The molecule has 0 spiro atoms. The van der Waals surface area contributed by atoms with Crippen molar-refractivity contribution in [2.24, 2.45) is 5.92 Å². The summed E-state index contributed by atoms with van der Waals surface area (Å²) < 4.78 is 21.9. The van der Waals surface area contributed by atoms with E-state index >= 15 is 0 Å². The molecule has 0 heterocycles. The van der Waals surface area contributed by atoms with Crippen LogP contribution < -0.4 is 0 Å². The van der Waals surface area contributed by atoms with Gasteiger partial charge in [0.05, 0.1) is 6.54 Å². The summed E-state index contributed by atoms with van der Waals surface area (Å²) >= 11 is 0. The number of carbonyl (C=O) groups excluding carboxylic acids is 1. The van der Waals surface area contributed by atoms with Crippen molar-refractivity contribution in [2.75, 3.05) is 25.1 Å². The highest BCUT2D eigenvalue weighted by Gasteiger charge is 2.27. The minimum atomic E-state index is -3.26. The highest BCUT2D eigenvalue weighted by molar-refractivity contribution is 7.91. The molecule has 1 saturated carbocycles. The maximum atomic E-state index is 11.6. The molecule has 1 fully saturated rings. The Balaban J connectivity index is 2.54. The van der Waals surface area contributed by atoms with Crippen LogP contribution in [0.4, 0.5) is 0 Å². The smallest absolute Gasteiger partial charge is 0.238 e. The number of amides is 1. The SMILES string of the molecule is C#CCN(CC1CC1)C(=O)CS(C)(=O)=O. The number of sulfone groups is 1. The van der Waals surface area contributed by atoms with Gasteiger partial charge in [-0.1, -0.05) is 5.92 Å². The quantitative estimate of drug-likeness (QED) is 0.619. The lowest BCUT2D eigenvalue weighted by atomic mass is 10.3. The molecule has 1 rings (SSSR count). The van der Waals surface area contributed by atoms with Crippen molar-refractivity contribution in [3.8, 4) is 12.3 Å². The Bertz CT molecular complexity index is 376. The lowest BCUT2D eigenvalue weighted by Crippen LogP contribution is -2.37. The van der Waals surface area contributed by atoms with Crippen LogP contribution in [0.2, 0.25) is 0 Å². The van der Waals surface area contributed by atoms with Gasteiger partial charge in [-0.05, 0) is 18.8 Å². The maximum absolute atomic E-state index is 11.6. The standard InChI is InChI=1S/C10H15NO3S/c1-3-6-11(7-9-4-5-9)10(12)8-15(2,13)14/h1,9H,4-8H2,2H3. The summed E-state index contributed by atoms with van der Waals surface area (Å²) in [6.45, 7) is 0.795. The van der Waals surface area contributed by atoms with Crippen molar-refractivity contribution in [2.45, 2.75) is 12.8 Å². The van der Waals surface area contributed by atoms with E-state index in [1.165, 1.54) is 4.90 Å². The average molecular weight is 229 g/mol. The Morgan fingerprint density at radius 3 is 2.53 bits per heavy atom. The van der Waals surface area contributed by atoms with Gasteiger partial charge in [0, 0.05) is 12.8 Å². The molecule has 0 saturated heterocycles. The Morgan fingerprint density at radius 1 is 1.53 bits per heavy atom. The minimum Gasteiger partial charge on any atom is -0.330 e. The Morgan fingerprint density at radius 2 is 2.13 bits per heavy atom. The van der Waals surface area contributed by atoms with Gasteiger partial charge in [0.1, 0.15) is 5.75 Å². The molecule has 0 aromatic heterocycles. The van der Waals surface area contributed by atoms with Gasteiger partial charge >= 0.3 is 0 Å². The minimum absolute atomic E-state index is 0.199. The zero-order chi connectivity index (χ0) is 11.5. The molecule has 0 unspecified atom stereocenters. The van der Waals surface area contributed by atoms with Crippen molar-refractivity contribution in [3.05, 3.63) is 0 Å². The van der Waals surface area contributed by atoms with Gasteiger partial charge in [0.15, 0.2) is 9.84 Å². The predicted octanol–water partition coefficient (Wildman–Crippen LogP) is -0.0972. The average Bonchev–Trinajstić information content (AvgIpc) is 2.84. The Hall–Kier alpha value is -1.02. The largest absolute Gasteiger partial charge is 0.330 e. The van der Waals surface area contributed by atoms with Crippen molar-refractivity contribution in [1.82, 2.24) is 4.90 Å².